The first-order valence-corrected chi connectivity index (χ1v) is 5.40. The summed E-state index contributed by atoms with van der Waals surface area (Å²) in [4.78, 5) is 2.36. The molecule has 0 radical (unpaired) electrons. The predicted molar refractivity (Wildman–Crippen MR) is 63.0 cm³/mol. The average molecular weight is 203 g/mol. The highest BCUT2D eigenvalue weighted by molar-refractivity contribution is 5.49. The van der Waals surface area contributed by atoms with Gasteiger partial charge in [-0.3, -0.25) is 0 Å². The summed E-state index contributed by atoms with van der Waals surface area (Å²) in [6.07, 6.45) is 3.44. The van der Waals surface area contributed by atoms with Crippen LogP contribution in [0, 0.1) is 0 Å². The molecule has 0 unspecified atom stereocenters. The van der Waals surface area contributed by atoms with Gasteiger partial charge in [0.25, 0.3) is 0 Å². The number of aliphatic hydroxyl groups is 1. The molecule has 2 heteroatoms. The quantitative estimate of drug-likeness (QED) is 0.746. The first-order valence-electron chi connectivity index (χ1n) is 5.40. The van der Waals surface area contributed by atoms with Crippen molar-refractivity contribution in [2.75, 3.05) is 18.0 Å². The van der Waals surface area contributed by atoms with Crippen molar-refractivity contribution in [3.63, 3.8) is 0 Å². The van der Waals surface area contributed by atoms with E-state index in [-0.39, 0.29) is 6.61 Å². The molecule has 0 spiro atoms. The minimum Gasteiger partial charge on any atom is -0.392 e. The lowest BCUT2D eigenvalue weighted by atomic mass is 10.1. The molecule has 15 heavy (non-hydrogen) atoms. The second kappa shape index (κ2) is 4.49. The smallest absolute Gasteiger partial charge is 0.0681 e. The normalized spacial score (nSPS) is 16.4. The molecule has 0 saturated heterocycles. The summed E-state index contributed by atoms with van der Waals surface area (Å²) in [7, 11) is 0. The molecule has 0 aromatic heterocycles. The zero-order chi connectivity index (χ0) is 10.7. The Labute approximate surface area is 90.8 Å². The highest BCUT2D eigenvalue weighted by atomic mass is 16.3. The summed E-state index contributed by atoms with van der Waals surface area (Å²) >= 11 is 0. The van der Waals surface area contributed by atoms with Crippen LogP contribution in [-0.4, -0.2) is 18.2 Å². The van der Waals surface area contributed by atoms with Crippen molar-refractivity contribution in [3.8, 4) is 0 Å². The maximum atomic E-state index is 8.95. The number of anilines is 1. The van der Waals surface area contributed by atoms with Crippen LogP contribution in [0.25, 0.3) is 0 Å². The van der Waals surface area contributed by atoms with Gasteiger partial charge in [-0.2, -0.15) is 0 Å². The molecule has 1 aliphatic rings. The Morgan fingerprint density at radius 2 is 2.00 bits per heavy atom. The van der Waals surface area contributed by atoms with Crippen LogP contribution in [0.2, 0.25) is 0 Å². The van der Waals surface area contributed by atoms with E-state index in [0.717, 1.165) is 25.1 Å². The van der Waals surface area contributed by atoms with Gasteiger partial charge in [0, 0.05) is 18.8 Å². The molecule has 0 aliphatic carbocycles. The van der Waals surface area contributed by atoms with E-state index in [4.69, 9.17) is 5.11 Å². The average Bonchev–Trinajstić information content (AvgIpc) is 2.30. The first kappa shape index (κ1) is 10.2. The standard InChI is InChI=1S/C13H17NO/c1-11-6-8-14(9-7-11)13-4-2-12(10-15)3-5-13/h2-6,15H,7-10H2,1H3. The van der Waals surface area contributed by atoms with E-state index in [1.54, 1.807) is 0 Å². The molecule has 1 aromatic rings. The molecule has 1 aromatic carbocycles. The maximum absolute atomic E-state index is 8.95. The molecule has 80 valence electrons. The Morgan fingerprint density at radius 1 is 1.27 bits per heavy atom. The van der Waals surface area contributed by atoms with Crippen LogP contribution < -0.4 is 4.90 Å². The lowest BCUT2D eigenvalue weighted by molar-refractivity contribution is 0.282. The number of nitrogens with zero attached hydrogens (tertiary/aromatic N) is 1. The molecule has 1 N–H and O–H groups in total. The van der Waals surface area contributed by atoms with Gasteiger partial charge < -0.3 is 10.0 Å². The second-order valence-corrected chi connectivity index (χ2v) is 4.07. The van der Waals surface area contributed by atoms with E-state index in [9.17, 15) is 0 Å². The van der Waals surface area contributed by atoms with Crippen LogP contribution in [-0.2, 0) is 6.61 Å². The van der Waals surface area contributed by atoms with Crippen LogP contribution >= 0.6 is 0 Å². The van der Waals surface area contributed by atoms with E-state index in [1.807, 2.05) is 12.1 Å². The number of benzene rings is 1. The Hall–Kier alpha value is -1.28. The predicted octanol–water partition coefficient (Wildman–Crippen LogP) is 2.34. The minimum atomic E-state index is 0.124. The highest BCUT2D eigenvalue weighted by Crippen LogP contribution is 2.19. The van der Waals surface area contributed by atoms with Gasteiger partial charge in [0.15, 0.2) is 0 Å². The van der Waals surface area contributed by atoms with Crippen LogP contribution in [0.5, 0.6) is 0 Å². The molecule has 0 saturated carbocycles. The molecule has 1 aliphatic heterocycles. The Bertz CT molecular complexity index is 353. The lowest BCUT2D eigenvalue weighted by Gasteiger charge is -2.27. The molecule has 2 rings (SSSR count). The van der Waals surface area contributed by atoms with Crippen LogP contribution in [0.3, 0.4) is 0 Å². The zero-order valence-corrected chi connectivity index (χ0v) is 9.11. The van der Waals surface area contributed by atoms with Gasteiger partial charge in [-0.05, 0) is 31.0 Å². The minimum absolute atomic E-state index is 0.124. The number of hydrogen-bond donors (Lipinski definition) is 1. The van der Waals surface area contributed by atoms with Crippen molar-refractivity contribution in [1.82, 2.24) is 0 Å². The zero-order valence-electron chi connectivity index (χ0n) is 9.11. The van der Waals surface area contributed by atoms with Crippen molar-refractivity contribution in [1.29, 1.82) is 0 Å². The molecular weight excluding hydrogens is 186 g/mol. The Balaban J connectivity index is 2.10. The van der Waals surface area contributed by atoms with E-state index in [0.29, 0.717) is 0 Å². The first-order chi connectivity index (χ1) is 7.29. The fourth-order valence-corrected chi connectivity index (χ4v) is 1.82. The van der Waals surface area contributed by atoms with Crippen molar-refractivity contribution in [2.45, 2.75) is 20.0 Å². The third-order valence-corrected chi connectivity index (χ3v) is 2.92. The summed E-state index contributed by atoms with van der Waals surface area (Å²) < 4.78 is 0. The molecule has 0 amide bonds. The van der Waals surface area contributed by atoms with E-state index < -0.39 is 0 Å². The van der Waals surface area contributed by atoms with E-state index in [2.05, 4.69) is 30.0 Å². The van der Waals surface area contributed by atoms with Gasteiger partial charge in [-0.25, -0.2) is 0 Å². The van der Waals surface area contributed by atoms with E-state index in [1.165, 1.54) is 11.3 Å². The van der Waals surface area contributed by atoms with E-state index >= 15 is 0 Å². The van der Waals surface area contributed by atoms with Crippen LogP contribution in [0.15, 0.2) is 35.9 Å². The number of hydrogen-bond acceptors (Lipinski definition) is 2. The Morgan fingerprint density at radius 3 is 2.53 bits per heavy atom. The highest BCUT2D eigenvalue weighted by Gasteiger charge is 2.09. The van der Waals surface area contributed by atoms with Crippen LogP contribution in [0.4, 0.5) is 5.69 Å². The SMILES string of the molecule is CC1=CCN(c2ccc(CO)cc2)CC1. The van der Waals surface area contributed by atoms with Gasteiger partial charge >= 0.3 is 0 Å². The molecular formula is C13H17NO. The largest absolute Gasteiger partial charge is 0.392 e. The molecule has 2 nitrogen and oxygen atoms in total. The Kier molecular flexibility index (Phi) is 3.07. The maximum Gasteiger partial charge on any atom is 0.0681 e. The monoisotopic (exact) mass is 203 g/mol. The molecule has 0 bridgehead atoms. The lowest BCUT2D eigenvalue weighted by Crippen LogP contribution is -2.27. The van der Waals surface area contributed by atoms with Crippen molar-refractivity contribution < 1.29 is 5.11 Å². The van der Waals surface area contributed by atoms with Crippen molar-refractivity contribution >= 4 is 5.69 Å². The number of rotatable bonds is 2. The summed E-state index contributed by atoms with van der Waals surface area (Å²) in [6, 6.07) is 8.14. The van der Waals surface area contributed by atoms with Crippen molar-refractivity contribution in [3.05, 3.63) is 41.5 Å². The molecule has 1 heterocycles. The number of aliphatic hydroxyl groups excluding tert-OH is 1. The summed E-state index contributed by atoms with van der Waals surface area (Å²) in [5, 5.41) is 8.95. The third-order valence-electron chi connectivity index (χ3n) is 2.92. The fourth-order valence-electron chi connectivity index (χ4n) is 1.82. The summed E-state index contributed by atoms with van der Waals surface area (Å²) in [6.45, 7) is 4.41. The molecule has 0 fully saturated rings. The third kappa shape index (κ3) is 2.39. The van der Waals surface area contributed by atoms with Gasteiger partial charge in [-0.15, -0.1) is 0 Å². The molecule has 0 atom stereocenters. The fraction of sp³-hybridized carbons (Fsp3) is 0.385. The van der Waals surface area contributed by atoms with Gasteiger partial charge in [-0.1, -0.05) is 23.8 Å². The summed E-state index contributed by atoms with van der Waals surface area (Å²) in [5.74, 6) is 0. The second-order valence-electron chi connectivity index (χ2n) is 4.07. The topological polar surface area (TPSA) is 23.5 Å². The summed E-state index contributed by atoms with van der Waals surface area (Å²) in [5.41, 5.74) is 3.71. The van der Waals surface area contributed by atoms with Gasteiger partial charge in [0.2, 0.25) is 0 Å². The van der Waals surface area contributed by atoms with Crippen LogP contribution in [0.1, 0.15) is 18.9 Å². The van der Waals surface area contributed by atoms with Crippen molar-refractivity contribution in [2.24, 2.45) is 0 Å². The van der Waals surface area contributed by atoms with Gasteiger partial charge in [0.1, 0.15) is 0 Å². The van der Waals surface area contributed by atoms with Gasteiger partial charge in [0.05, 0.1) is 6.61 Å².